The predicted molar refractivity (Wildman–Crippen MR) is 79.7 cm³/mol. The molecule has 0 bridgehead atoms. The molecular formula is C16H19NO5. The van der Waals surface area contributed by atoms with Crippen LogP contribution in [0.5, 0.6) is 5.75 Å². The zero-order valence-corrected chi connectivity index (χ0v) is 12.4. The standard InChI is InChI=1S/C16H19NO5/c1-21-13-8-6-12(7-9-13)10-17-11-14(22-16(17)20)4-2-3-5-15(18)19/h3,5-9,14H,2,4,10-11H2,1H3,(H,18,19)/b5-3+. The number of ether oxygens (including phenoxy) is 2. The monoisotopic (exact) mass is 305 g/mol. The van der Waals surface area contributed by atoms with Crippen LogP contribution >= 0.6 is 0 Å². The molecular weight excluding hydrogens is 286 g/mol. The number of aliphatic carboxylic acids is 1. The van der Waals surface area contributed by atoms with Crippen molar-refractivity contribution in [1.29, 1.82) is 0 Å². The Morgan fingerprint density at radius 2 is 2.18 bits per heavy atom. The number of rotatable bonds is 7. The number of benzene rings is 1. The van der Waals surface area contributed by atoms with Gasteiger partial charge in [0.25, 0.3) is 0 Å². The van der Waals surface area contributed by atoms with E-state index in [-0.39, 0.29) is 12.2 Å². The Balaban J connectivity index is 1.82. The first-order chi connectivity index (χ1) is 10.6. The lowest BCUT2D eigenvalue weighted by atomic mass is 10.1. The van der Waals surface area contributed by atoms with Gasteiger partial charge in [0.1, 0.15) is 11.9 Å². The Morgan fingerprint density at radius 1 is 1.45 bits per heavy atom. The maximum Gasteiger partial charge on any atom is 0.410 e. The van der Waals surface area contributed by atoms with E-state index in [2.05, 4.69) is 0 Å². The van der Waals surface area contributed by atoms with Crippen molar-refractivity contribution in [1.82, 2.24) is 4.90 Å². The molecule has 1 amide bonds. The highest BCUT2D eigenvalue weighted by Gasteiger charge is 2.30. The van der Waals surface area contributed by atoms with E-state index in [1.807, 2.05) is 24.3 Å². The number of carbonyl (C=O) groups excluding carboxylic acids is 1. The fraction of sp³-hybridized carbons (Fsp3) is 0.375. The molecule has 1 heterocycles. The normalized spacial score (nSPS) is 17.8. The minimum Gasteiger partial charge on any atom is -0.497 e. The Kier molecular flexibility index (Phi) is 5.41. The summed E-state index contributed by atoms with van der Waals surface area (Å²) < 4.78 is 10.4. The first-order valence-corrected chi connectivity index (χ1v) is 7.06. The van der Waals surface area contributed by atoms with Crippen LogP contribution in [0.25, 0.3) is 0 Å². The number of carbonyl (C=O) groups is 2. The number of allylic oxidation sites excluding steroid dienone is 1. The van der Waals surface area contributed by atoms with Crippen LogP contribution in [0.2, 0.25) is 0 Å². The largest absolute Gasteiger partial charge is 0.497 e. The Hall–Kier alpha value is -2.50. The van der Waals surface area contributed by atoms with Gasteiger partial charge in [0, 0.05) is 12.6 Å². The molecule has 1 aromatic carbocycles. The minimum absolute atomic E-state index is 0.191. The highest BCUT2D eigenvalue weighted by atomic mass is 16.6. The van der Waals surface area contributed by atoms with E-state index in [0.717, 1.165) is 17.4 Å². The van der Waals surface area contributed by atoms with E-state index in [9.17, 15) is 9.59 Å². The molecule has 0 aliphatic carbocycles. The van der Waals surface area contributed by atoms with Crippen molar-refractivity contribution in [3.8, 4) is 5.75 Å². The first-order valence-electron chi connectivity index (χ1n) is 7.06. The molecule has 0 aromatic heterocycles. The van der Waals surface area contributed by atoms with Crippen LogP contribution in [0, 0.1) is 0 Å². The predicted octanol–water partition coefficient (Wildman–Crippen LogP) is 2.44. The average molecular weight is 305 g/mol. The summed E-state index contributed by atoms with van der Waals surface area (Å²) in [6.07, 6.45) is 3.34. The maximum absolute atomic E-state index is 11.8. The quantitative estimate of drug-likeness (QED) is 0.783. The summed E-state index contributed by atoms with van der Waals surface area (Å²) in [5.41, 5.74) is 1.00. The number of methoxy groups -OCH3 is 1. The Bertz CT molecular complexity index is 552. The van der Waals surface area contributed by atoms with Gasteiger partial charge in [0.2, 0.25) is 0 Å². The van der Waals surface area contributed by atoms with Crippen molar-refractivity contribution in [3.63, 3.8) is 0 Å². The molecule has 1 saturated heterocycles. The molecule has 0 radical (unpaired) electrons. The molecule has 1 N–H and O–H groups in total. The van der Waals surface area contributed by atoms with Crippen molar-refractivity contribution < 1.29 is 24.2 Å². The summed E-state index contributed by atoms with van der Waals surface area (Å²) in [6.45, 7) is 1.01. The molecule has 6 heteroatoms. The Morgan fingerprint density at radius 3 is 2.82 bits per heavy atom. The third-order valence-electron chi connectivity index (χ3n) is 3.40. The number of carboxylic acids is 1. The van der Waals surface area contributed by atoms with Gasteiger partial charge in [0.15, 0.2) is 0 Å². The highest BCUT2D eigenvalue weighted by molar-refractivity contribution is 5.79. The Labute approximate surface area is 128 Å². The number of hydrogen-bond acceptors (Lipinski definition) is 4. The van der Waals surface area contributed by atoms with Crippen LogP contribution in [-0.4, -0.2) is 41.8 Å². The van der Waals surface area contributed by atoms with Gasteiger partial charge in [-0.15, -0.1) is 0 Å². The van der Waals surface area contributed by atoms with Gasteiger partial charge in [0.05, 0.1) is 13.7 Å². The van der Waals surface area contributed by atoms with E-state index >= 15 is 0 Å². The van der Waals surface area contributed by atoms with E-state index in [1.54, 1.807) is 18.1 Å². The van der Waals surface area contributed by atoms with Gasteiger partial charge >= 0.3 is 12.1 Å². The second-order valence-electron chi connectivity index (χ2n) is 5.05. The van der Waals surface area contributed by atoms with E-state index in [0.29, 0.717) is 25.9 Å². The van der Waals surface area contributed by atoms with Crippen molar-refractivity contribution in [3.05, 3.63) is 42.0 Å². The van der Waals surface area contributed by atoms with Crippen LogP contribution in [0.4, 0.5) is 4.79 Å². The minimum atomic E-state index is -0.968. The molecule has 0 saturated carbocycles. The lowest BCUT2D eigenvalue weighted by Crippen LogP contribution is -2.24. The molecule has 1 atom stereocenters. The van der Waals surface area contributed by atoms with Crippen LogP contribution in [0.15, 0.2) is 36.4 Å². The average Bonchev–Trinajstić information content (AvgIpc) is 2.84. The second kappa shape index (κ2) is 7.49. The number of hydrogen-bond donors (Lipinski definition) is 1. The molecule has 1 aliphatic rings. The van der Waals surface area contributed by atoms with Crippen molar-refractivity contribution in [2.45, 2.75) is 25.5 Å². The van der Waals surface area contributed by atoms with Crippen LogP contribution in [0.3, 0.4) is 0 Å². The number of carboxylic acid groups (broad SMARTS) is 1. The summed E-state index contributed by atoms with van der Waals surface area (Å²) in [6, 6.07) is 7.53. The summed E-state index contributed by atoms with van der Waals surface area (Å²) in [4.78, 5) is 23.8. The van der Waals surface area contributed by atoms with Gasteiger partial charge in [-0.3, -0.25) is 0 Å². The lowest BCUT2D eigenvalue weighted by molar-refractivity contribution is -0.131. The van der Waals surface area contributed by atoms with E-state index < -0.39 is 5.97 Å². The van der Waals surface area contributed by atoms with Crippen LogP contribution < -0.4 is 4.74 Å². The van der Waals surface area contributed by atoms with Gasteiger partial charge in [-0.2, -0.15) is 0 Å². The number of cyclic esters (lactones) is 1. The van der Waals surface area contributed by atoms with Crippen LogP contribution in [0.1, 0.15) is 18.4 Å². The third-order valence-corrected chi connectivity index (χ3v) is 3.40. The zero-order chi connectivity index (χ0) is 15.9. The SMILES string of the molecule is COc1ccc(CN2CC(CC/C=C/C(=O)O)OC2=O)cc1. The van der Waals surface area contributed by atoms with Gasteiger partial charge in [-0.1, -0.05) is 18.2 Å². The van der Waals surface area contributed by atoms with Crippen molar-refractivity contribution in [2.24, 2.45) is 0 Å². The van der Waals surface area contributed by atoms with Gasteiger partial charge < -0.3 is 19.5 Å². The van der Waals surface area contributed by atoms with Crippen molar-refractivity contribution in [2.75, 3.05) is 13.7 Å². The molecule has 118 valence electrons. The van der Waals surface area contributed by atoms with Crippen LogP contribution in [-0.2, 0) is 16.1 Å². The molecule has 2 rings (SSSR count). The highest BCUT2D eigenvalue weighted by Crippen LogP contribution is 2.19. The second-order valence-corrected chi connectivity index (χ2v) is 5.05. The fourth-order valence-corrected chi connectivity index (χ4v) is 2.27. The molecule has 1 aromatic rings. The maximum atomic E-state index is 11.8. The summed E-state index contributed by atoms with van der Waals surface area (Å²) in [5.74, 6) is -0.194. The topological polar surface area (TPSA) is 76.1 Å². The van der Waals surface area contributed by atoms with Gasteiger partial charge in [-0.05, 0) is 30.5 Å². The zero-order valence-electron chi connectivity index (χ0n) is 12.4. The summed E-state index contributed by atoms with van der Waals surface area (Å²) in [7, 11) is 1.61. The van der Waals surface area contributed by atoms with E-state index in [4.69, 9.17) is 14.6 Å². The molecule has 1 unspecified atom stereocenters. The molecule has 6 nitrogen and oxygen atoms in total. The number of amides is 1. The third kappa shape index (κ3) is 4.51. The van der Waals surface area contributed by atoms with Gasteiger partial charge in [-0.25, -0.2) is 9.59 Å². The smallest absolute Gasteiger partial charge is 0.410 e. The van der Waals surface area contributed by atoms with E-state index in [1.165, 1.54) is 0 Å². The molecule has 0 spiro atoms. The fourth-order valence-electron chi connectivity index (χ4n) is 2.27. The molecule has 22 heavy (non-hydrogen) atoms. The first kappa shape index (κ1) is 15.9. The van der Waals surface area contributed by atoms with Crippen molar-refractivity contribution >= 4 is 12.1 Å². The summed E-state index contributed by atoms with van der Waals surface area (Å²) >= 11 is 0. The summed E-state index contributed by atoms with van der Waals surface area (Å²) in [5, 5.41) is 8.50. The lowest BCUT2D eigenvalue weighted by Gasteiger charge is -2.13. The number of nitrogens with zero attached hydrogens (tertiary/aromatic N) is 1. The molecule has 1 fully saturated rings. The molecule has 1 aliphatic heterocycles.